The van der Waals surface area contributed by atoms with Crippen LogP contribution in [0.5, 0.6) is 5.75 Å². The molecule has 0 atom stereocenters. The number of guanidine groups is 1. The van der Waals surface area contributed by atoms with Gasteiger partial charge in [-0.1, -0.05) is 18.2 Å². The lowest BCUT2D eigenvalue weighted by atomic mass is 10.1. The minimum Gasteiger partial charge on any atom is -0.507 e. The molecule has 23 heavy (non-hydrogen) atoms. The first kappa shape index (κ1) is 15.4. The third kappa shape index (κ3) is 3.46. The van der Waals surface area contributed by atoms with Gasteiger partial charge in [-0.3, -0.25) is 10.7 Å². The van der Waals surface area contributed by atoms with Crippen molar-refractivity contribution in [2.24, 2.45) is 15.7 Å². The fourth-order valence-corrected chi connectivity index (χ4v) is 2.82. The molecule has 2 aromatic rings. The second-order valence-electron chi connectivity index (χ2n) is 5.11. The SMILES string of the molecule is N=C(N)/N=C1\[NH2+]C(Cc2ccc(O)c(Br)c2)=Nc2ccccc21. The molecule has 1 aliphatic heterocycles. The molecule has 0 amide bonds. The zero-order valence-electron chi connectivity index (χ0n) is 12.1. The Morgan fingerprint density at radius 3 is 2.83 bits per heavy atom. The number of nitrogens with one attached hydrogen (secondary N) is 1. The first-order chi connectivity index (χ1) is 11.0. The van der Waals surface area contributed by atoms with Crippen LogP contribution in [-0.4, -0.2) is 22.7 Å². The normalized spacial score (nSPS) is 15.2. The summed E-state index contributed by atoms with van der Waals surface area (Å²) in [6.07, 6.45) is 0.587. The topological polar surface area (TPSA) is 111 Å². The molecular formula is C16H15BrN5O+. The predicted octanol–water partition coefficient (Wildman–Crippen LogP) is 1.64. The number of hydrogen-bond acceptors (Lipinski definition) is 3. The highest BCUT2D eigenvalue weighted by molar-refractivity contribution is 9.10. The quantitative estimate of drug-likeness (QED) is 0.474. The van der Waals surface area contributed by atoms with E-state index in [9.17, 15) is 5.11 Å². The van der Waals surface area contributed by atoms with Crippen molar-refractivity contribution in [3.05, 3.63) is 58.1 Å². The molecule has 0 bridgehead atoms. The van der Waals surface area contributed by atoms with Gasteiger partial charge in [0, 0.05) is 0 Å². The van der Waals surface area contributed by atoms with Gasteiger partial charge >= 0.3 is 0 Å². The zero-order chi connectivity index (χ0) is 16.4. The first-order valence-corrected chi connectivity index (χ1v) is 7.74. The zero-order valence-corrected chi connectivity index (χ0v) is 13.7. The highest BCUT2D eigenvalue weighted by atomic mass is 79.9. The molecule has 6 N–H and O–H groups in total. The number of benzene rings is 2. The summed E-state index contributed by atoms with van der Waals surface area (Å²) in [5, 5.41) is 18.8. The molecule has 0 radical (unpaired) electrons. The lowest BCUT2D eigenvalue weighted by Crippen LogP contribution is -2.93. The van der Waals surface area contributed by atoms with Crippen molar-refractivity contribution < 1.29 is 10.4 Å². The number of nitrogens with zero attached hydrogens (tertiary/aromatic N) is 2. The standard InChI is InChI=1S/C16H14BrN5O/c17-11-7-9(5-6-13(11)23)8-14-20-12-4-2-1-3-10(12)15(21-14)22-16(18)19/h1-7,23H,8H2,(H4,18,19,20,21,22)/p+1. The monoisotopic (exact) mass is 372 g/mol. The molecule has 0 unspecified atom stereocenters. The van der Waals surface area contributed by atoms with Crippen LogP contribution in [0.3, 0.4) is 0 Å². The lowest BCUT2D eigenvalue weighted by Gasteiger charge is -2.14. The smallest absolute Gasteiger partial charge is 0.243 e. The van der Waals surface area contributed by atoms with Crippen molar-refractivity contribution in [2.75, 3.05) is 0 Å². The van der Waals surface area contributed by atoms with Gasteiger partial charge < -0.3 is 10.8 Å². The number of quaternary nitrogens is 1. The summed E-state index contributed by atoms with van der Waals surface area (Å²) < 4.78 is 0.643. The lowest BCUT2D eigenvalue weighted by molar-refractivity contribution is -0.410. The maximum atomic E-state index is 9.58. The van der Waals surface area contributed by atoms with Crippen LogP contribution >= 0.6 is 15.9 Å². The van der Waals surface area contributed by atoms with Crippen LogP contribution in [-0.2, 0) is 6.42 Å². The van der Waals surface area contributed by atoms with E-state index in [0.29, 0.717) is 16.7 Å². The minimum atomic E-state index is -0.236. The van der Waals surface area contributed by atoms with Crippen LogP contribution in [0.15, 0.2) is 56.9 Å². The molecule has 7 heteroatoms. The van der Waals surface area contributed by atoms with Crippen molar-refractivity contribution in [3.8, 4) is 5.75 Å². The van der Waals surface area contributed by atoms with Crippen LogP contribution < -0.4 is 11.1 Å². The summed E-state index contributed by atoms with van der Waals surface area (Å²) in [4.78, 5) is 8.73. The molecule has 0 saturated carbocycles. The molecule has 3 rings (SSSR count). The summed E-state index contributed by atoms with van der Waals surface area (Å²) in [6.45, 7) is 0. The number of aliphatic imine (C=N–C) groups is 2. The molecule has 6 nitrogen and oxygen atoms in total. The van der Waals surface area contributed by atoms with Crippen molar-refractivity contribution in [3.63, 3.8) is 0 Å². The maximum absolute atomic E-state index is 9.58. The summed E-state index contributed by atoms with van der Waals surface area (Å²) >= 11 is 3.31. The number of phenolic OH excluding ortho intramolecular Hbond substituents is 1. The second kappa shape index (κ2) is 6.31. The van der Waals surface area contributed by atoms with E-state index in [1.165, 1.54) is 0 Å². The van der Waals surface area contributed by atoms with Gasteiger partial charge in [0.25, 0.3) is 0 Å². The second-order valence-corrected chi connectivity index (χ2v) is 5.96. The van der Waals surface area contributed by atoms with E-state index in [1.54, 1.807) is 6.07 Å². The van der Waals surface area contributed by atoms with Gasteiger partial charge in [-0.05, 0) is 45.8 Å². The van der Waals surface area contributed by atoms with E-state index in [-0.39, 0.29) is 11.7 Å². The van der Waals surface area contributed by atoms with Gasteiger partial charge in [0.2, 0.25) is 17.6 Å². The molecular weight excluding hydrogens is 358 g/mol. The van der Waals surface area contributed by atoms with Gasteiger partial charge in [0.1, 0.15) is 5.75 Å². The molecule has 0 fully saturated rings. The minimum absolute atomic E-state index is 0.201. The van der Waals surface area contributed by atoms with Gasteiger partial charge in [0.15, 0.2) is 0 Å². The Hall–Kier alpha value is -2.51. The molecule has 1 heterocycles. The number of halogens is 1. The highest BCUT2D eigenvalue weighted by Gasteiger charge is 2.23. The van der Waals surface area contributed by atoms with E-state index in [1.807, 2.05) is 41.7 Å². The average molecular weight is 373 g/mol. The number of phenols is 1. The van der Waals surface area contributed by atoms with Crippen LogP contribution in [0.4, 0.5) is 5.69 Å². The Kier molecular flexibility index (Phi) is 4.22. The van der Waals surface area contributed by atoms with Crippen LogP contribution in [0.25, 0.3) is 0 Å². The predicted molar refractivity (Wildman–Crippen MR) is 93.4 cm³/mol. The number of hydrogen-bond donors (Lipinski definition) is 4. The van der Waals surface area contributed by atoms with Crippen LogP contribution in [0.2, 0.25) is 0 Å². The molecule has 116 valence electrons. The number of aromatic hydroxyl groups is 1. The van der Waals surface area contributed by atoms with Crippen molar-refractivity contribution in [1.82, 2.24) is 0 Å². The molecule has 0 spiro atoms. The van der Waals surface area contributed by atoms with E-state index in [2.05, 4.69) is 25.9 Å². The maximum Gasteiger partial charge on any atom is 0.243 e. The Bertz CT molecular complexity index is 844. The van der Waals surface area contributed by atoms with Gasteiger partial charge in [-0.15, -0.1) is 0 Å². The van der Waals surface area contributed by atoms with Crippen molar-refractivity contribution in [2.45, 2.75) is 6.42 Å². The number of fused-ring (bicyclic) bond motifs is 1. The van der Waals surface area contributed by atoms with Gasteiger partial charge in [0.05, 0.1) is 22.1 Å². The third-order valence-corrected chi connectivity index (χ3v) is 4.02. The average Bonchev–Trinajstić information content (AvgIpc) is 2.50. The summed E-state index contributed by atoms with van der Waals surface area (Å²) in [5.74, 6) is 1.42. The van der Waals surface area contributed by atoms with E-state index in [4.69, 9.17) is 11.1 Å². The Morgan fingerprint density at radius 1 is 1.30 bits per heavy atom. The molecule has 0 saturated heterocycles. The molecule has 1 aliphatic rings. The number of nitrogens with two attached hydrogens (primary N) is 2. The van der Waals surface area contributed by atoms with Gasteiger partial charge in [-0.25, -0.2) is 0 Å². The number of para-hydroxylation sites is 1. The molecule has 2 aromatic carbocycles. The fourth-order valence-electron chi connectivity index (χ4n) is 2.39. The summed E-state index contributed by atoms with van der Waals surface area (Å²) in [5.41, 5.74) is 8.09. The van der Waals surface area contributed by atoms with Crippen LogP contribution in [0, 0.1) is 5.41 Å². The van der Waals surface area contributed by atoms with Crippen molar-refractivity contribution >= 4 is 39.2 Å². The number of rotatable bonds is 2. The van der Waals surface area contributed by atoms with Gasteiger partial charge in [-0.2, -0.15) is 9.98 Å². The van der Waals surface area contributed by atoms with Crippen molar-refractivity contribution in [1.29, 1.82) is 5.41 Å². The first-order valence-electron chi connectivity index (χ1n) is 6.95. The Morgan fingerprint density at radius 2 is 2.09 bits per heavy atom. The fraction of sp³-hybridized carbons (Fsp3) is 0.0625. The highest BCUT2D eigenvalue weighted by Crippen LogP contribution is 2.25. The molecule has 0 aliphatic carbocycles. The Balaban J connectivity index is 1.96. The van der Waals surface area contributed by atoms with E-state index < -0.39 is 0 Å². The largest absolute Gasteiger partial charge is 0.507 e. The van der Waals surface area contributed by atoms with Crippen LogP contribution in [0.1, 0.15) is 11.1 Å². The Labute approximate surface area is 141 Å². The summed E-state index contributed by atoms with van der Waals surface area (Å²) in [7, 11) is 0. The third-order valence-electron chi connectivity index (χ3n) is 3.39. The van der Waals surface area contributed by atoms with E-state index in [0.717, 1.165) is 22.6 Å². The number of amidine groups is 2. The van der Waals surface area contributed by atoms with E-state index >= 15 is 0 Å². The summed E-state index contributed by atoms with van der Waals surface area (Å²) in [6, 6.07) is 13.0. The molecule has 0 aromatic heterocycles.